The summed E-state index contributed by atoms with van der Waals surface area (Å²) in [5.41, 5.74) is 2.18. The highest BCUT2D eigenvalue weighted by molar-refractivity contribution is 14.1. The fourth-order valence-electron chi connectivity index (χ4n) is 2.38. The lowest BCUT2D eigenvalue weighted by Crippen LogP contribution is -2.01. The third kappa shape index (κ3) is 3.31. The molecule has 1 heterocycles. The van der Waals surface area contributed by atoms with E-state index in [0.29, 0.717) is 19.0 Å². The Morgan fingerprint density at radius 2 is 1.95 bits per heavy atom. The zero-order chi connectivity index (χ0) is 15.4. The normalized spacial score (nSPS) is 10.7. The van der Waals surface area contributed by atoms with Crippen molar-refractivity contribution in [3.63, 3.8) is 0 Å². The lowest BCUT2D eigenvalue weighted by atomic mass is 9.98. The molecule has 0 radical (unpaired) electrons. The van der Waals surface area contributed by atoms with Crippen LogP contribution in [0.2, 0.25) is 0 Å². The molecule has 1 aromatic carbocycles. The van der Waals surface area contributed by atoms with E-state index in [9.17, 15) is 0 Å². The Bertz CT molecular complexity index is 667. The fraction of sp³-hybridized carbons (Fsp3) is 0.353. The number of hydrogen-bond acceptors (Lipinski definition) is 3. The zero-order valence-electron chi connectivity index (χ0n) is 12.7. The van der Waals surface area contributed by atoms with Crippen molar-refractivity contribution in [2.45, 2.75) is 27.2 Å². The van der Waals surface area contributed by atoms with Crippen molar-refractivity contribution in [3.8, 4) is 5.75 Å². The molecule has 0 aliphatic rings. The van der Waals surface area contributed by atoms with Crippen molar-refractivity contribution in [1.29, 1.82) is 0 Å². The van der Waals surface area contributed by atoms with Crippen LogP contribution < -0.4 is 4.74 Å². The first-order valence-electron chi connectivity index (χ1n) is 7.18. The standard InChI is InChI=1S/C17H20INO2/c1-5-12-8-13(11(4)20-6-2)14-9-16(18)19-10-15(14)17(12)21-7-3/h8-10H,4-7H2,1-3H3. The summed E-state index contributed by atoms with van der Waals surface area (Å²) in [7, 11) is 0. The summed E-state index contributed by atoms with van der Waals surface area (Å²) >= 11 is 2.22. The average Bonchev–Trinajstić information content (AvgIpc) is 2.47. The van der Waals surface area contributed by atoms with E-state index in [1.165, 1.54) is 0 Å². The van der Waals surface area contributed by atoms with Gasteiger partial charge in [-0.15, -0.1) is 0 Å². The molecule has 0 saturated heterocycles. The second kappa shape index (κ2) is 7.11. The summed E-state index contributed by atoms with van der Waals surface area (Å²) in [6.45, 7) is 11.4. The minimum atomic E-state index is 0.608. The van der Waals surface area contributed by atoms with Gasteiger partial charge in [0.2, 0.25) is 0 Å². The first-order valence-corrected chi connectivity index (χ1v) is 8.26. The van der Waals surface area contributed by atoms with E-state index in [2.05, 4.69) is 53.2 Å². The lowest BCUT2D eigenvalue weighted by Gasteiger charge is -2.17. The molecule has 0 saturated carbocycles. The molecule has 3 nitrogen and oxygen atoms in total. The Morgan fingerprint density at radius 1 is 1.19 bits per heavy atom. The number of halogens is 1. The Labute approximate surface area is 139 Å². The van der Waals surface area contributed by atoms with E-state index >= 15 is 0 Å². The number of fused-ring (bicyclic) bond motifs is 1. The van der Waals surface area contributed by atoms with Gasteiger partial charge in [0, 0.05) is 22.5 Å². The van der Waals surface area contributed by atoms with Crippen molar-refractivity contribution in [1.82, 2.24) is 4.98 Å². The molecule has 112 valence electrons. The molecular weight excluding hydrogens is 377 g/mol. The van der Waals surface area contributed by atoms with Crippen LogP contribution in [0.15, 0.2) is 24.9 Å². The molecule has 21 heavy (non-hydrogen) atoms. The van der Waals surface area contributed by atoms with Gasteiger partial charge in [0.15, 0.2) is 0 Å². The van der Waals surface area contributed by atoms with Crippen molar-refractivity contribution >= 4 is 39.1 Å². The van der Waals surface area contributed by atoms with Gasteiger partial charge in [-0.2, -0.15) is 0 Å². The quantitative estimate of drug-likeness (QED) is 0.398. The third-order valence-corrected chi connectivity index (χ3v) is 3.89. The van der Waals surface area contributed by atoms with Crippen LogP contribution in [0.3, 0.4) is 0 Å². The van der Waals surface area contributed by atoms with Crippen LogP contribution in [0.1, 0.15) is 31.9 Å². The van der Waals surface area contributed by atoms with Gasteiger partial charge in [-0.25, -0.2) is 4.98 Å². The highest BCUT2D eigenvalue weighted by Gasteiger charge is 2.15. The maximum Gasteiger partial charge on any atom is 0.131 e. The Kier molecular flexibility index (Phi) is 5.45. The molecule has 2 aromatic rings. The number of hydrogen-bond donors (Lipinski definition) is 0. The van der Waals surface area contributed by atoms with E-state index in [1.54, 1.807) is 0 Å². The Hall–Kier alpha value is -1.30. The monoisotopic (exact) mass is 397 g/mol. The maximum absolute atomic E-state index is 5.86. The van der Waals surface area contributed by atoms with Gasteiger partial charge in [-0.3, -0.25) is 0 Å². The van der Waals surface area contributed by atoms with Gasteiger partial charge >= 0.3 is 0 Å². The molecule has 2 rings (SSSR count). The number of aryl methyl sites for hydroxylation is 1. The largest absolute Gasteiger partial charge is 0.494 e. The number of rotatable bonds is 6. The smallest absolute Gasteiger partial charge is 0.131 e. The molecule has 0 spiro atoms. The molecule has 0 aliphatic heterocycles. The summed E-state index contributed by atoms with van der Waals surface area (Å²) in [4.78, 5) is 4.41. The van der Waals surface area contributed by atoms with Gasteiger partial charge in [0.1, 0.15) is 15.2 Å². The minimum Gasteiger partial charge on any atom is -0.494 e. The summed E-state index contributed by atoms with van der Waals surface area (Å²) in [5, 5.41) is 2.10. The van der Waals surface area contributed by atoms with Crippen LogP contribution in [0.4, 0.5) is 0 Å². The molecule has 1 aromatic heterocycles. The van der Waals surface area contributed by atoms with Crippen molar-refractivity contribution < 1.29 is 9.47 Å². The van der Waals surface area contributed by atoms with Crippen LogP contribution in [0.5, 0.6) is 5.75 Å². The average molecular weight is 397 g/mol. The SMILES string of the molecule is C=C(OCC)c1cc(CC)c(OCC)c2cnc(I)cc12. The first kappa shape index (κ1) is 16.1. The van der Waals surface area contributed by atoms with E-state index in [-0.39, 0.29) is 0 Å². The molecule has 0 fully saturated rings. The molecular formula is C17H20INO2. The number of ether oxygens (including phenoxy) is 2. The highest BCUT2D eigenvalue weighted by atomic mass is 127. The molecule has 0 bridgehead atoms. The number of pyridine rings is 1. The van der Waals surface area contributed by atoms with E-state index < -0.39 is 0 Å². The first-order chi connectivity index (χ1) is 10.1. The predicted molar refractivity (Wildman–Crippen MR) is 95.7 cm³/mol. The van der Waals surface area contributed by atoms with Gasteiger partial charge in [0.25, 0.3) is 0 Å². The van der Waals surface area contributed by atoms with Crippen LogP contribution >= 0.6 is 22.6 Å². The lowest BCUT2D eigenvalue weighted by molar-refractivity contribution is 0.299. The minimum absolute atomic E-state index is 0.608. The van der Waals surface area contributed by atoms with E-state index in [1.807, 2.05) is 20.0 Å². The van der Waals surface area contributed by atoms with Gasteiger partial charge in [-0.05, 0) is 60.6 Å². The van der Waals surface area contributed by atoms with Crippen LogP contribution in [0.25, 0.3) is 16.5 Å². The Balaban J connectivity index is 2.76. The molecule has 0 unspecified atom stereocenters. The van der Waals surface area contributed by atoms with Crippen molar-refractivity contribution in [2.75, 3.05) is 13.2 Å². The molecule has 0 atom stereocenters. The third-order valence-electron chi connectivity index (χ3n) is 3.30. The topological polar surface area (TPSA) is 31.4 Å². The van der Waals surface area contributed by atoms with Gasteiger partial charge in [-0.1, -0.05) is 13.5 Å². The summed E-state index contributed by atoms with van der Waals surface area (Å²) in [5.74, 6) is 1.62. The summed E-state index contributed by atoms with van der Waals surface area (Å²) < 4.78 is 12.4. The van der Waals surface area contributed by atoms with Crippen LogP contribution in [-0.2, 0) is 11.2 Å². The van der Waals surface area contributed by atoms with Crippen LogP contribution in [-0.4, -0.2) is 18.2 Å². The zero-order valence-corrected chi connectivity index (χ0v) is 14.9. The van der Waals surface area contributed by atoms with Gasteiger partial charge in [0.05, 0.1) is 13.2 Å². The summed E-state index contributed by atoms with van der Waals surface area (Å²) in [6.07, 6.45) is 2.77. The molecule has 0 aliphatic carbocycles. The fourth-order valence-corrected chi connectivity index (χ4v) is 2.83. The highest BCUT2D eigenvalue weighted by Crippen LogP contribution is 2.36. The number of benzene rings is 1. The maximum atomic E-state index is 5.86. The summed E-state index contributed by atoms with van der Waals surface area (Å²) in [6, 6.07) is 4.18. The second-order valence-electron chi connectivity index (χ2n) is 4.61. The second-order valence-corrected chi connectivity index (χ2v) is 5.71. The van der Waals surface area contributed by atoms with Crippen molar-refractivity contribution in [2.24, 2.45) is 0 Å². The van der Waals surface area contributed by atoms with E-state index in [0.717, 1.165) is 37.8 Å². The predicted octanol–water partition coefficient (Wildman–Crippen LogP) is 4.81. The van der Waals surface area contributed by atoms with Gasteiger partial charge < -0.3 is 9.47 Å². The molecule has 4 heteroatoms. The Morgan fingerprint density at radius 3 is 2.57 bits per heavy atom. The molecule has 0 N–H and O–H groups in total. The van der Waals surface area contributed by atoms with Crippen molar-refractivity contribution in [3.05, 3.63) is 39.7 Å². The number of nitrogens with zero attached hydrogens (tertiary/aromatic N) is 1. The molecule has 0 amide bonds. The van der Waals surface area contributed by atoms with E-state index in [4.69, 9.17) is 9.47 Å². The number of aromatic nitrogens is 1. The van der Waals surface area contributed by atoms with Crippen LogP contribution in [0, 0.1) is 3.70 Å².